The summed E-state index contributed by atoms with van der Waals surface area (Å²) in [6.45, 7) is 5.82. The molecule has 0 saturated heterocycles. The lowest BCUT2D eigenvalue weighted by atomic mass is 10.1. The lowest BCUT2D eigenvalue weighted by Crippen LogP contribution is -2.21. The molecule has 9 nitrogen and oxygen atoms in total. The van der Waals surface area contributed by atoms with Crippen molar-refractivity contribution in [3.63, 3.8) is 0 Å². The quantitative estimate of drug-likeness (QED) is 0.106. The predicted octanol–water partition coefficient (Wildman–Crippen LogP) is 7.27. The zero-order chi connectivity index (χ0) is 31.8. The van der Waals surface area contributed by atoms with E-state index in [-0.39, 0.29) is 18.4 Å². The Bertz CT molecular complexity index is 1830. The second-order valence-electron chi connectivity index (χ2n) is 10.3. The highest BCUT2D eigenvalue weighted by Crippen LogP contribution is 2.29. The Balaban J connectivity index is 1.13. The van der Waals surface area contributed by atoms with Gasteiger partial charge in [-0.3, -0.25) is 9.59 Å². The van der Waals surface area contributed by atoms with E-state index in [0.717, 1.165) is 38.9 Å². The molecule has 228 valence electrons. The van der Waals surface area contributed by atoms with Gasteiger partial charge in [-0.2, -0.15) is 5.10 Å². The van der Waals surface area contributed by atoms with E-state index in [4.69, 9.17) is 9.47 Å². The highest BCUT2D eigenvalue weighted by molar-refractivity contribution is 7.14. The Hall–Kier alpha value is -5.48. The van der Waals surface area contributed by atoms with Crippen molar-refractivity contribution in [3.05, 3.63) is 118 Å². The maximum Gasteiger partial charge on any atom is 0.271 e. The predicted molar refractivity (Wildman–Crippen MR) is 180 cm³/mol. The maximum absolute atomic E-state index is 12.7. The highest BCUT2D eigenvalue weighted by Gasteiger charge is 2.11. The van der Waals surface area contributed by atoms with Gasteiger partial charge in [0.25, 0.3) is 11.8 Å². The van der Waals surface area contributed by atoms with Gasteiger partial charge in [0.15, 0.2) is 23.2 Å². The maximum atomic E-state index is 12.7. The Morgan fingerprint density at radius 1 is 0.933 bits per heavy atom. The molecular formula is C35H33N5O4S. The molecule has 0 saturated carbocycles. The first kappa shape index (κ1) is 31.0. The lowest BCUT2D eigenvalue weighted by molar-refractivity contribution is -0.118. The average molecular weight is 620 g/mol. The number of carbonyl (C=O) groups is 2. The number of methoxy groups -OCH3 is 1. The van der Waals surface area contributed by atoms with E-state index >= 15 is 0 Å². The standard InChI is InChI=1S/C35H33N5O4S/c1-22-8-15-28(16-9-22)37-35-39-30(21-45-35)26-11-13-27(14-12-26)34(42)40-36-19-25-10-17-31(32(18-25)43-4)44-20-33(41)38-29-7-5-6-23(2)24(29)3/h5-19,21H,20H2,1-4H3,(H,37,39)(H,38,41)(H,40,42)/b36-19+. The largest absolute Gasteiger partial charge is 0.493 e. The SMILES string of the molecule is COc1cc(/C=N/NC(=O)c2ccc(-c3csc(Nc4ccc(C)cc4)n3)cc2)ccc1OCC(=O)Nc1cccc(C)c1C. The first-order valence-corrected chi connectivity index (χ1v) is 15.1. The molecular weight excluding hydrogens is 586 g/mol. The van der Waals surface area contributed by atoms with E-state index in [1.54, 1.807) is 30.3 Å². The number of anilines is 3. The molecule has 5 rings (SSSR count). The summed E-state index contributed by atoms with van der Waals surface area (Å²) >= 11 is 1.52. The van der Waals surface area contributed by atoms with Crippen LogP contribution in [0.3, 0.4) is 0 Å². The topological polar surface area (TPSA) is 114 Å². The van der Waals surface area contributed by atoms with Crippen molar-refractivity contribution >= 4 is 45.9 Å². The number of benzene rings is 4. The Morgan fingerprint density at radius 2 is 1.71 bits per heavy atom. The van der Waals surface area contributed by atoms with E-state index in [1.807, 2.05) is 80.7 Å². The fourth-order valence-corrected chi connectivity index (χ4v) is 5.09. The van der Waals surface area contributed by atoms with E-state index in [2.05, 4.69) is 26.1 Å². The molecule has 5 aromatic rings. The van der Waals surface area contributed by atoms with Crippen LogP contribution in [-0.4, -0.2) is 36.7 Å². The molecule has 1 aromatic heterocycles. The summed E-state index contributed by atoms with van der Waals surface area (Å²) in [4.78, 5) is 29.8. The fraction of sp³-hybridized carbons (Fsp3) is 0.143. The number of hydrazone groups is 1. The normalized spacial score (nSPS) is 10.8. The van der Waals surface area contributed by atoms with Crippen LogP contribution >= 0.6 is 11.3 Å². The smallest absolute Gasteiger partial charge is 0.271 e. The van der Waals surface area contributed by atoms with Gasteiger partial charge in [-0.1, -0.05) is 42.0 Å². The zero-order valence-electron chi connectivity index (χ0n) is 25.4. The molecule has 0 aliphatic carbocycles. The molecule has 3 N–H and O–H groups in total. The van der Waals surface area contributed by atoms with E-state index in [0.29, 0.717) is 22.6 Å². The number of nitrogens with zero attached hydrogens (tertiary/aromatic N) is 2. The highest BCUT2D eigenvalue weighted by atomic mass is 32.1. The molecule has 0 bridgehead atoms. The van der Waals surface area contributed by atoms with Crippen LogP contribution in [-0.2, 0) is 4.79 Å². The van der Waals surface area contributed by atoms with Crippen molar-refractivity contribution in [2.75, 3.05) is 24.4 Å². The van der Waals surface area contributed by atoms with Crippen LogP contribution in [0.15, 0.2) is 95.4 Å². The number of carbonyl (C=O) groups excluding carboxylic acids is 2. The van der Waals surface area contributed by atoms with Crippen molar-refractivity contribution in [2.45, 2.75) is 20.8 Å². The van der Waals surface area contributed by atoms with Gasteiger partial charge in [-0.05, 0) is 86.0 Å². The molecule has 2 amide bonds. The molecule has 0 fully saturated rings. The minimum atomic E-state index is -0.348. The third-order valence-electron chi connectivity index (χ3n) is 7.05. The summed E-state index contributed by atoms with van der Waals surface area (Å²) in [5, 5.41) is 13.0. The number of ether oxygens (including phenoxy) is 2. The van der Waals surface area contributed by atoms with Gasteiger partial charge < -0.3 is 20.1 Å². The van der Waals surface area contributed by atoms with E-state index in [9.17, 15) is 9.59 Å². The summed E-state index contributed by atoms with van der Waals surface area (Å²) < 4.78 is 11.1. The summed E-state index contributed by atoms with van der Waals surface area (Å²) in [6.07, 6.45) is 1.50. The summed E-state index contributed by atoms with van der Waals surface area (Å²) in [5.41, 5.74) is 10.4. The van der Waals surface area contributed by atoms with Crippen molar-refractivity contribution in [3.8, 4) is 22.8 Å². The molecule has 0 aliphatic heterocycles. The molecule has 0 radical (unpaired) electrons. The minimum Gasteiger partial charge on any atom is -0.493 e. The molecule has 4 aromatic carbocycles. The molecule has 0 spiro atoms. The second-order valence-corrected chi connectivity index (χ2v) is 11.2. The Labute approximate surface area is 266 Å². The van der Waals surface area contributed by atoms with Gasteiger partial charge in [0.05, 0.1) is 19.0 Å². The van der Waals surface area contributed by atoms with Gasteiger partial charge in [0.2, 0.25) is 0 Å². The first-order chi connectivity index (χ1) is 21.8. The summed E-state index contributed by atoms with van der Waals surface area (Å²) in [7, 11) is 1.51. The number of amides is 2. The average Bonchev–Trinajstić information content (AvgIpc) is 3.52. The number of aromatic nitrogens is 1. The van der Waals surface area contributed by atoms with Crippen LogP contribution in [0.4, 0.5) is 16.5 Å². The summed E-state index contributed by atoms with van der Waals surface area (Å²) in [6, 6.07) is 26.2. The number of hydrogen-bond acceptors (Lipinski definition) is 8. The zero-order valence-corrected chi connectivity index (χ0v) is 26.2. The first-order valence-electron chi connectivity index (χ1n) is 14.2. The Morgan fingerprint density at radius 3 is 2.47 bits per heavy atom. The van der Waals surface area contributed by atoms with Crippen LogP contribution in [0.1, 0.15) is 32.6 Å². The Kier molecular flexibility index (Phi) is 9.86. The number of rotatable bonds is 11. The van der Waals surface area contributed by atoms with Crippen molar-refractivity contribution < 1.29 is 19.1 Å². The summed E-state index contributed by atoms with van der Waals surface area (Å²) in [5.74, 6) is 0.214. The lowest BCUT2D eigenvalue weighted by Gasteiger charge is -2.13. The monoisotopic (exact) mass is 619 g/mol. The molecule has 10 heteroatoms. The number of nitrogens with one attached hydrogen (secondary N) is 3. The van der Waals surface area contributed by atoms with Gasteiger partial charge in [-0.25, -0.2) is 10.4 Å². The molecule has 45 heavy (non-hydrogen) atoms. The van der Waals surface area contributed by atoms with Crippen molar-refractivity contribution in [1.29, 1.82) is 0 Å². The third kappa shape index (κ3) is 8.12. The molecule has 0 unspecified atom stereocenters. The van der Waals surface area contributed by atoms with E-state index in [1.165, 1.54) is 30.2 Å². The van der Waals surface area contributed by atoms with Crippen LogP contribution in [0.5, 0.6) is 11.5 Å². The molecule has 0 atom stereocenters. The van der Waals surface area contributed by atoms with Gasteiger partial charge in [0.1, 0.15) is 0 Å². The van der Waals surface area contributed by atoms with Crippen molar-refractivity contribution in [1.82, 2.24) is 10.4 Å². The van der Waals surface area contributed by atoms with Crippen LogP contribution in [0, 0.1) is 20.8 Å². The van der Waals surface area contributed by atoms with Crippen LogP contribution < -0.4 is 25.5 Å². The van der Waals surface area contributed by atoms with Gasteiger partial charge in [-0.15, -0.1) is 11.3 Å². The molecule has 0 aliphatic rings. The van der Waals surface area contributed by atoms with E-state index < -0.39 is 0 Å². The minimum absolute atomic E-state index is 0.181. The van der Waals surface area contributed by atoms with Gasteiger partial charge in [0, 0.05) is 27.9 Å². The number of aryl methyl sites for hydroxylation is 2. The van der Waals surface area contributed by atoms with Crippen LogP contribution in [0.25, 0.3) is 11.3 Å². The number of thiazole rings is 1. The number of hydrogen-bond donors (Lipinski definition) is 3. The third-order valence-corrected chi connectivity index (χ3v) is 7.81. The van der Waals surface area contributed by atoms with Crippen molar-refractivity contribution in [2.24, 2.45) is 5.10 Å². The molecule has 1 heterocycles. The van der Waals surface area contributed by atoms with Crippen LogP contribution in [0.2, 0.25) is 0 Å². The second kappa shape index (κ2) is 14.3. The fourth-order valence-electron chi connectivity index (χ4n) is 4.35. The van der Waals surface area contributed by atoms with Gasteiger partial charge >= 0.3 is 0 Å².